The molecule has 0 amide bonds. The minimum Gasteiger partial charge on any atom is -0.390 e. The molecule has 2 fully saturated rings. The van der Waals surface area contributed by atoms with Crippen LogP contribution in [0, 0.1) is 0 Å². The molecular formula is C13H25NO2. The second-order valence-electron chi connectivity index (χ2n) is 5.43. The van der Waals surface area contributed by atoms with Gasteiger partial charge in [0.05, 0.1) is 18.3 Å². The van der Waals surface area contributed by atoms with Crippen LogP contribution in [0.25, 0.3) is 0 Å². The maximum Gasteiger partial charge on any atom is 0.0837 e. The third-order valence-corrected chi connectivity index (χ3v) is 3.95. The largest absolute Gasteiger partial charge is 0.390 e. The first-order valence-electron chi connectivity index (χ1n) is 6.85. The minimum atomic E-state index is -0.249. The Morgan fingerprint density at radius 2 is 1.75 bits per heavy atom. The van der Waals surface area contributed by atoms with E-state index in [1.807, 2.05) is 0 Å². The SMILES string of the molecule is NC1CCCC(OC2CCCCCC2O)C1. The lowest BCUT2D eigenvalue weighted by molar-refractivity contribution is -0.0908. The highest BCUT2D eigenvalue weighted by Crippen LogP contribution is 2.26. The number of aliphatic hydroxyl groups is 1. The van der Waals surface area contributed by atoms with E-state index in [-0.39, 0.29) is 12.2 Å². The average Bonchev–Trinajstić information content (AvgIpc) is 2.45. The van der Waals surface area contributed by atoms with Gasteiger partial charge in [0.2, 0.25) is 0 Å². The molecule has 4 atom stereocenters. The first-order chi connectivity index (χ1) is 7.75. The van der Waals surface area contributed by atoms with Crippen molar-refractivity contribution in [1.29, 1.82) is 0 Å². The Kier molecular flexibility index (Phi) is 4.62. The molecule has 3 N–H and O–H groups in total. The van der Waals surface area contributed by atoms with Crippen LogP contribution in [0.5, 0.6) is 0 Å². The summed E-state index contributed by atoms with van der Waals surface area (Å²) in [7, 11) is 0. The lowest BCUT2D eigenvalue weighted by Gasteiger charge is -2.31. The number of rotatable bonds is 2. The summed E-state index contributed by atoms with van der Waals surface area (Å²) in [5.41, 5.74) is 5.95. The van der Waals surface area contributed by atoms with Crippen LogP contribution in [0.3, 0.4) is 0 Å². The van der Waals surface area contributed by atoms with Crippen LogP contribution in [0.1, 0.15) is 57.8 Å². The van der Waals surface area contributed by atoms with E-state index in [9.17, 15) is 5.11 Å². The van der Waals surface area contributed by atoms with Crippen molar-refractivity contribution < 1.29 is 9.84 Å². The van der Waals surface area contributed by atoms with Gasteiger partial charge in [0.1, 0.15) is 0 Å². The molecule has 0 bridgehead atoms. The first-order valence-corrected chi connectivity index (χ1v) is 6.85. The number of ether oxygens (including phenoxy) is 1. The van der Waals surface area contributed by atoms with Crippen molar-refractivity contribution in [2.45, 2.75) is 82.1 Å². The summed E-state index contributed by atoms with van der Waals surface area (Å²) in [4.78, 5) is 0. The number of aliphatic hydroxyl groups excluding tert-OH is 1. The second-order valence-corrected chi connectivity index (χ2v) is 5.43. The van der Waals surface area contributed by atoms with E-state index in [0.29, 0.717) is 12.1 Å². The van der Waals surface area contributed by atoms with Crippen molar-refractivity contribution in [3.8, 4) is 0 Å². The zero-order valence-electron chi connectivity index (χ0n) is 10.1. The monoisotopic (exact) mass is 227 g/mol. The van der Waals surface area contributed by atoms with Crippen LogP contribution < -0.4 is 5.73 Å². The Balaban J connectivity index is 1.82. The summed E-state index contributed by atoms with van der Waals surface area (Å²) < 4.78 is 6.06. The van der Waals surface area contributed by atoms with Crippen molar-refractivity contribution >= 4 is 0 Å². The molecule has 0 aromatic carbocycles. The molecule has 0 heterocycles. The summed E-state index contributed by atoms with van der Waals surface area (Å²) in [6.45, 7) is 0. The van der Waals surface area contributed by atoms with Gasteiger partial charge in [-0.2, -0.15) is 0 Å². The van der Waals surface area contributed by atoms with Gasteiger partial charge in [0.25, 0.3) is 0 Å². The highest BCUT2D eigenvalue weighted by Gasteiger charge is 2.27. The maximum absolute atomic E-state index is 9.99. The quantitative estimate of drug-likeness (QED) is 0.709. The standard InChI is InChI=1S/C13H25NO2/c14-10-5-4-6-11(9-10)16-13-8-3-1-2-7-12(13)15/h10-13,15H,1-9,14H2. The van der Waals surface area contributed by atoms with Gasteiger partial charge in [-0.1, -0.05) is 19.3 Å². The van der Waals surface area contributed by atoms with Crippen LogP contribution in [-0.4, -0.2) is 29.5 Å². The molecule has 0 spiro atoms. The van der Waals surface area contributed by atoms with E-state index < -0.39 is 0 Å². The fraction of sp³-hybridized carbons (Fsp3) is 1.00. The predicted molar refractivity (Wildman–Crippen MR) is 64.2 cm³/mol. The molecule has 2 aliphatic rings. The number of hydrogen-bond acceptors (Lipinski definition) is 3. The molecule has 0 aliphatic heterocycles. The van der Waals surface area contributed by atoms with Gasteiger partial charge < -0.3 is 15.6 Å². The molecule has 2 saturated carbocycles. The lowest BCUT2D eigenvalue weighted by Crippen LogP contribution is -2.37. The summed E-state index contributed by atoms with van der Waals surface area (Å²) >= 11 is 0. The van der Waals surface area contributed by atoms with Crippen molar-refractivity contribution in [1.82, 2.24) is 0 Å². The molecule has 3 heteroatoms. The fourth-order valence-corrected chi connectivity index (χ4v) is 2.96. The van der Waals surface area contributed by atoms with Gasteiger partial charge in [-0.3, -0.25) is 0 Å². The Morgan fingerprint density at radius 1 is 0.938 bits per heavy atom. The van der Waals surface area contributed by atoms with Gasteiger partial charge in [-0.15, -0.1) is 0 Å². The van der Waals surface area contributed by atoms with Crippen LogP contribution in [0.4, 0.5) is 0 Å². The van der Waals surface area contributed by atoms with E-state index >= 15 is 0 Å². The second kappa shape index (κ2) is 5.99. The van der Waals surface area contributed by atoms with Crippen LogP contribution >= 0.6 is 0 Å². The smallest absolute Gasteiger partial charge is 0.0837 e. The fourth-order valence-electron chi connectivity index (χ4n) is 2.96. The summed E-state index contributed by atoms with van der Waals surface area (Å²) in [6.07, 6.45) is 10.0. The van der Waals surface area contributed by atoms with E-state index in [0.717, 1.165) is 38.5 Å². The summed E-state index contributed by atoms with van der Waals surface area (Å²) in [5, 5.41) is 9.99. The highest BCUT2D eigenvalue weighted by molar-refractivity contribution is 4.79. The van der Waals surface area contributed by atoms with E-state index in [1.165, 1.54) is 19.3 Å². The van der Waals surface area contributed by atoms with Gasteiger partial charge >= 0.3 is 0 Å². The molecule has 0 aromatic rings. The summed E-state index contributed by atoms with van der Waals surface area (Å²) in [5.74, 6) is 0. The Morgan fingerprint density at radius 3 is 2.56 bits per heavy atom. The topological polar surface area (TPSA) is 55.5 Å². The number of hydrogen-bond donors (Lipinski definition) is 2. The molecule has 4 unspecified atom stereocenters. The third-order valence-electron chi connectivity index (χ3n) is 3.95. The zero-order valence-corrected chi connectivity index (χ0v) is 10.1. The van der Waals surface area contributed by atoms with E-state index in [1.54, 1.807) is 0 Å². The molecule has 2 aliphatic carbocycles. The zero-order chi connectivity index (χ0) is 11.4. The minimum absolute atomic E-state index is 0.0674. The van der Waals surface area contributed by atoms with Gasteiger partial charge in [0.15, 0.2) is 0 Å². The van der Waals surface area contributed by atoms with Crippen LogP contribution in [0.2, 0.25) is 0 Å². The maximum atomic E-state index is 9.99. The van der Waals surface area contributed by atoms with E-state index in [4.69, 9.17) is 10.5 Å². The molecule has 0 radical (unpaired) electrons. The molecule has 94 valence electrons. The highest BCUT2D eigenvalue weighted by atomic mass is 16.5. The molecule has 16 heavy (non-hydrogen) atoms. The molecule has 0 saturated heterocycles. The predicted octanol–water partition coefficient (Wildman–Crippen LogP) is 1.97. The Labute approximate surface area is 98.4 Å². The number of nitrogens with two attached hydrogens (primary N) is 1. The van der Waals surface area contributed by atoms with E-state index in [2.05, 4.69) is 0 Å². The first kappa shape index (κ1) is 12.3. The molecule has 2 rings (SSSR count). The third kappa shape index (κ3) is 3.44. The van der Waals surface area contributed by atoms with Gasteiger partial charge in [-0.05, 0) is 38.5 Å². The van der Waals surface area contributed by atoms with Crippen molar-refractivity contribution in [2.24, 2.45) is 5.73 Å². The average molecular weight is 227 g/mol. The molecular weight excluding hydrogens is 202 g/mol. The Hall–Kier alpha value is -0.120. The Bertz CT molecular complexity index is 210. The van der Waals surface area contributed by atoms with Crippen molar-refractivity contribution in [3.63, 3.8) is 0 Å². The van der Waals surface area contributed by atoms with Crippen LogP contribution in [0.15, 0.2) is 0 Å². The molecule has 0 aromatic heterocycles. The van der Waals surface area contributed by atoms with Crippen molar-refractivity contribution in [3.05, 3.63) is 0 Å². The van der Waals surface area contributed by atoms with Crippen LogP contribution in [-0.2, 0) is 4.74 Å². The lowest BCUT2D eigenvalue weighted by atomic mass is 9.93. The van der Waals surface area contributed by atoms with Gasteiger partial charge in [0, 0.05) is 6.04 Å². The van der Waals surface area contributed by atoms with Gasteiger partial charge in [-0.25, -0.2) is 0 Å². The normalized spacial score (nSPS) is 41.6. The summed E-state index contributed by atoms with van der Waals surface area (Å²) in [6, 6.07) is 0.307. The molecule has 3 nitrogen and oxygen atoms in total. The van der Waals surface area contributed by atoms with Crippen molar-refractivity contribution in [2.75, 3.05) is 0 Å².